The Morgan fingerprint density at radius 2 is 1.97 bits per heavy atom. The number of alkyl halides is 3. The molecule has 0 bridgehead atoms. The minimum atomic E-state index is -4.54. The second-order valence-electron chi connectivity index (χ2n) is 8.22. The van der Waals surface area contributed by atoms with Gasteiger partial charge < -0.3 is 10.0 Å². The topological polar surface area (TPSA) is 88.3 Å². The number of hydrogen-bond acceptors (Lipinski definition) is 5. The van der Waals surface area contributed by atoms with E-state index in [2.05, 4.69) is 10.1 Å². The van der Waals surface area contributed by atoms with Gasteiger partial charge in [0.25, 0.3) is 0 Å². The molecule has 1 amide bonds. The summed E-state index contributed by atoms with van der Waals surface area (Å²) in [5, 5.41) is 13.0. The van der Waals surface area contributed by atoms with Gasteiger partial charge in [-0.2, -0.15) is 18.3 Å². The van der Waals surface area contributed by atoms with Crippen molar-refractivity contribution < 1.29 is 27.9 Å². The average molecular weight is 456 g/mol. The third kappa shape index (κ3) is 4.76. The van der Waals surface area contributed by atoms with E-state index < -0.39 is 17.8 Å². The van der Waals surface area contributed by atoms with Gasteiger partial charge in [0.2, 0.25) is 5.91 Å². The summed E-state index contributed by atoms with van der Waals surface area (Å²) in [6.45, 7) is 0.510. The summed E-state index contributed by atoms with van der Waals surface area (Å²) in [4.78, 5) is 30.3. The molecule has 2 aromatic rings. The number of aliphatic carboxylic acids is 1. The van der Waals surface area contributed by atoms with Crippen molar-refractivity contribution in [3.63, 3.8) is 0 Å². The van der Waals surface area contributed by atoms with Gasteiger partial charge in [-0.05, 0) is 38.0 Å². The summed E-state index contributed by atoms with van der Waals surface area (Å²) in [6.07, 6.45) is -0.0288. The number of nitrogens with zero attached hydrogens (tertiary/aromatic N) is 4. The van der Waals surface area contributed by atoms with E-state index in [-0.39, 0.29) is 49.4 Å². The van der Waals surface area contributed by atoms with Gasteiger partial charge in [0.05, 0.1) is 30.2 Å². The number of halogens is 3. The zero-order valence-corrected chi connectivity index (χ0v) is 17.6. The maximum atomic E-state index is 13.5. The summed E-state index contributed by atoms with van der Waals surface area (Å²) < 4.78 is 41.9. The number of amides is 1. The fourth-order valence-electron chi connectivity index (χ4n) is 4.51. The highest BCUT2D eigenvalue weighted by Gasteiger charge is 2.41. The molecule has 3 heterocycles. The van der Waals surface area contributed by atoms with Crippen molar-refractivity contribution in [2.45, 2.75) is 57.8 Å². The second kappa shape index (κ2) is 8.60. The van der Waals surface area contributed by atoms with Crippen molar-refractivity contribution in [2.24, 2.45) is 11.8 Å². The molecule has 1 saturated carbocycles. The number of carboxylic acid groups (broad SMARTS) is 1. The number of hydrogen-bond donors (Lipinski definition) is 1. The van der Waals surface area contributed by atoms with Crippen molar-refractivity contribution >= 4 is 23.2 Å². The molecule has 1 fully saturated rings. The van der Waals surface area contributed by atoms with Crippen LogP contribution >= 0.6 is 11.3 Å². The van der Waals surface area contributed by atoms with E-state index in [0.717, 1.165) is 4.88 Å². The molecular weight excluding hydrogens is 433 g/mol. The molecule has 0 unspecified atom stereocenters. The first kappa shape index (κ1) is 21.8. The van der Waals surface area contributed by atoms with Crippen LogP contribution in [0, 0.1) is 11.8 Å². The fourth-order valence-corrected chi connectivity index (χ4v) is 5.08. The van der Waals surface area contributed by atoms with Gasteiger partial charge in [-0.25, -0.2) is 0 Å². The molecule has 168 valence electrons. The molecule has 1 aliphatic heterocycles. The molecule has 7 nitrogen and oxygen atoms in total. The lowest BCUT2D eigenvalue weighted by Crippen LogP contribution is -2.38. The van der Waals surface area contributed by atoms with Crippen LogP contribution in [0.25, 0.3) is 0 Å². The summed E-state index contributed by atoms with van der Waals surface area (Å²) in [5.74, 6) is -1.10. The predicted molar refractivity (Wildman–Crippen MR) is 105 cm³/mol. The second-order valence-corrected chi connectivity index (χ2v) is 9.19. The number of thiazole rings is 1. The molecule has 2 aromatic heterocycles. The minimum absolute atomic E-state index is 0.0940. The third-order valence-corrected chi connectivity index (χ3v) is 6.97. The summed E-state index contributed by atoms with van der Waals surface area (Å²) >= 11 is 1.34. The zero-order chi connectivity index (χ0) is 22.2. The lowest BCUT2D eigenvalue weighted by atomic mass is 9.80. The first-order valence-corrected chi connectivity index (χ1v) is 11.1. The lowest BCUT2D eigenvalue weighted by Gasteiger charge is -2.31. The number of fused-ring (bicyclic) bond motifs is 1. The van der Waals surface area contributed by atoms with Crippen LogP contribution in [-0.2, 0) is 35.3 Å². The Balaban J connectivity index is 1.47. The predicted octanol–water partition coefficient (Wildman–Crippen LogP) is 3.57. The van der Waals surface area contributed by atoms with Crippen LogP contribution in [0.5, 0.6) is 0 Å². The van der Waals surface area contributed by atoms with Crippen LogP contribution in [0.4, 0.5) is 13.2 Å². The molecule has 0 atom stereocenters. The van der Waals surface area contributed by atoms with Gasteiger partial charge in [-0.1, -0.05) is 0 Å². The Morgan fingerprint density at radius 3 is 2.58 bits per heavy atom. The lowest BCUT2D eigenvalue weighted by molar-refractivity contribution is -0.143. The number of carboxylic acids is 1. The van der Waals surface area contributed by atoms with Gasteiger partial charge in [-0.15, -0.1) is 11.3 Å². The Labute approximate surface area is 180 Å². The highest BCUT2D eigenvalue weighted by atomic mass is 32.1. The van der Waals surface area contributed by atoms with Crippen molar-refractivity contribution in [1.29, 1.82) is 0 Å². The third-order valence-electron chi connectivity index (χ3n) is 6.21. The van der Waals surface area contributed by atoms with Gasteiger partial charge >= 0.3 is 12.1 Å². The van der Waals surface area contributed by atoms with Crippen LogP contribution in [0.2, 0.25) is 0 Å². The highest BCUT2D eigenvalue weighted by molar-refractivity contribution is 7.09. The Bertz CT molecular complexity index is 950. The number of aromatic nitrogens is 3. The summed E-state index contributed by atoms with van der Waals surface area (Å²) in [6, 6.07) is 0. The van der Waals surface area contributed by atoms with Crippen molar-refractivity contribution in [3.05, 3.63) is 33.5 Å². The van der Waals surface area contributed by atoms with Crippen LogP contribution in [0.3, 0.4) is 0 Å². The molecule has 4 rings (SSSR count). The molecule has 0 radical (unpaired) electrons. The van der Waals surface area contributed by atoms with Crippen LogP contribution < -0.4 is 0 Å². The summed E-state index contributed by atoms with van der Waals surface area (Å²) in [7, 11) is 0. The Morgan fingerprint density at radius 1 is 1.23 bits per heavy atom. The first-order valence-electron chi connectivity index (χ1n) is 10.3. The van der Waals surface area contributed by atoms with E-state index in [1.165, 1.54) is 16.0 Å². The monoisotopic (exact) mass is 456 g/mol. The van der Waals surface area contributed by atoms with E-state index in [4.69, 9.17) is 5.11 Å². The standard InChI is InChI=1S/C20H23F3N4O3S/c21-20(22,23)18-15-5-6-26(10-16(15)27(25-18)9-14-8-24-11-31-14)17(28)7-12-1-3-13(4-2-12)19(29)30/h8,11-13H,1-7,9-10H2,(H,29,30)/t12-,13-. The number of carbonyl (C=O) groups excluding carboxylic acids is 1. The first-order chi connectivity index (χ1) is 14.7. The van der Waals surface area contributed by atoms with E-state index in [0.29, 0.717) is 37.8 Å². The number of rotatable bonds is 5. The Hall–Kier alpha value is -2.43. The smallest absolute Gasteiger partial charge is 0.435 e. The molecular formula is C20H23F3N4O3S. The van der Waals surface area contributed by atoms with E-state index >= 15 is 0 Å². The normalized spacial score (nSPS) is 21.7. The SMILES string of the molecule is O=C(C[C@H]1CC[C@H](C(=O)O)CC1)N1CCc2c(C(F)(F)F)nn(Cc3cncs3)c2C1. The van der Waals surface area contributed by atoms with E-state index in [9.17, 15) is 22.8 Å². The van der Waals surface area contributed by atoms with Crippen LogP contribution in [-0.4, -0.2) is 43.2 Å². The maximum absolute atomic E-state index is 13.5. The quantitative estimate of drug-likeness (QED) is 0.743. The molecule has 1 N–H and O–H groups in total. The van der Waals surface area contributed by atoms with Gasteiger partial charge in [-0.3, -0.25) is 19.3 Å². The van der Waals surface area contributed by atoms with Gasteiger partial charge in [0.1, 0.15) is 0 Å². The van der Waals surface area contributed by atoms with Crippen LogP contribution in [0.15, 0.2) is 11.7 Å². The average Bonchev–Trinajstić information content (AvgIpc) is 3.36. The highest BCUT2D eigenvalue weighted by Crippen LogP contribution is 2.36. The van der Waals surface area contributed by atoms with Crippen molar-refractivity contribution in [3.8, 4) is 0 Å². The number of carbonyl (C=O) groups is 2. The molecule has 0 aromatic carbocycles. The largest absolute Gasteiger partial charge is 0.481 e. The zero-order valence-electron chi connectivity index (χ0n) is 16.8. The molecule has 0 saturated heterocycles. The van der Waals surface area contributed by atoms with Crippen molar-refractivity contribution in [2.75, 3.05) is 6.54 Å². The maximum Gasteiger partial charge on any atom is 0.435 e. The molecule has 2 aliphatic rings. The molecule has 31 heavy (non-hydrogen) atoms. The molecule has 11 heteroatoms. The van der Waals surface area contributed by atoms with E-state index in [1.807, 2.05) is 0 Å². The van der Waals surface area contributed by atoms with Gasteiger partial charge in [0, 0.05) is 29.6 Å². The molecule has 0 spiro atoms. The fraction of sp³-hybridized carbons (Fsp3) is 0.600. The van der Waals surface area contributed by atoms with Crippen LogP contribution in [0.1, 0.15) is 53.9 Å². The van der Waals surface area contributed by atoms with Crippen molar-refractivity contribution in [1.82, 2.24) is 19.7 Å². The summed E-state index contributed by atoms with van der Waals surface area (Å²) in [5.41, 5.74) is 1.34. The van der Waals surface area contributed by atoms with E-state index in [1.54, 1.807) is 16.6 Å². The Kier molecular flexibility index (Phi) is 6.05. The molecule has 1 aliphatic carbocycles. The minimum Gasteiger partial charge on any atom is -0.481 e. The van der Waals surface area contributed by atoms with Gasteiger partial charge in [0.15, 0.2) is 5.69 Å².